The lowest BCUT2D eigenvalue weighted by molar-refractivity contribution is 0.139. The molecule has 31 heavy (non-hydrogen) atoms. The summed E-state index contributed by atoms with van der Waals surface area (Å²) in [6.07, 6.45) is 3.33. The molecule has 1 heterocycles. The van der Waals surface area contributed by atoms with Crippen molar-refractivity contribution in [1.82, 2.24) is 15.3 Å². The number of ether oxygens (including phenoxy) is 1. The normalized spacial score (nSPS) is 10.6. The number of hydrogen-bond donors (Lipinski definition) is 2. The SMILES string of the molecule is Cc1nc(CCc2ccccc2)c(=O)[nH]c1CCCCNC(=O)OCc1ccccc1. The number of aryl methyl sites for hydroxylation is 4. The maximum Gasteiger partial charge on any atom is 0.407 e. The Morgan fingerprint density at radius 2 is 1.61 bits per heavy atom. The predicted molar refractivity (Wildman–Crippen MR) is 121 cm³/mol. The number of aromatic amines is 1. The van der Waals surface area contributed by atoms with Gasteiger partial charge in [0.15, 0.2) is 0 Å². The summed E-state index contributed by atoms with van der Waals surface area (Å²) < 4.78 is 5.19. The molecule has 1 aromatic heterocycles. The second kappa shape index (κ2) is 11.7. The third-order valence-corrected chi connectivity index (χ3v) is 5.09. The summed E-state index contributed by atoms with van der Waals surface area (Å²) in [5, 5.41) is 2.76. The fourth-order valence-electron chi connectivity index (χ4n) is 3.33. The minimum Gasteiger partial charge on any atom is -0.445 e. The van der Waals surface area contributed by atoms with Crippen molar-refractivity contribution in [3.63, 3.8) is 0 Å². The van der Waals surface area contributed by atoms with Crippen LogP contribution in [0, 0.1) is 6.92 Å². The first-order valence-electron chi connectivity index (χ1n) is 10.7. The Balaban J connectivity index is 1.37. The first kappa shape index (κ1) is 22.3. The van der Waals surface area contributed by atoms with Crippen molar-refractivity contribution < 1.29 is 9.53 Å². The summed E-state index contributed by atoms with van der Waals surface area (Å²) in [5.41, 5.74) is 4.34. The Morgan fingerprint density at radius 3 is 2.32 bits per heavy atom. The van der Waals surface area contributed by atoms with E-state index in [1.54, 1.807) is 0 Å². The van der Waals surface area contributed by atoms with E-state index in [2.05, 4.69) is 27.4 Å². The van der Waals surface area contributed by atoms with Crippen LogP contribution in [-0.2, 0) is 30.6 Å². The zero-order valence-electron chi connectivity index (χ0n) is 17.9. The highest BCUT2D eigenvalue weighted by molar-refractivity contribution is 5.67. The van der Waals surface area contributed by atoms with E-state index in [-0.39, 0.29) is 12.2 Å². The number of aromatic nitrogens is 2. The van der Waals surface area contributed by atoms with Crippen LogP contribution in [0.15, 0.2) is 65.5 Å². The molecule has 0 saturated heterocycles. The number of alkyl carbamates (subject to hydrolysis) is 1. The third kappa shape index (κ3) is 7.41. The van der Waals surface area contributed by atoms with Crippen LogP contribution in [-0.4, -0.2) is 22.6 Å². The molecule has 2 N–H and O–H groups in total. The van der Waals surface area contributed by atoms with Gasteiger partial charge >= 0.3 is 6.09 Å². The van der Waals surface area contributed by atoms with Crippen LogP contribution in [0.5, 0.6) is 0 Å². The topological polar surface area (TPSA) is 84.1 Å². The fourth-order valence-corrected chi connectivity index (χ4v) is 3.33. The number of H-pyrrole nitrogens is 1. The van der Waals surface area contributed by atoms with E-state index in [9.17, 15) is 9.59 Å². The summed E-state index contributed by atoms with van der Waals surface area (Å²) in [6.45, 7) is 2.71. The minimum atomic E-state index is -0.419. The number of carbonyl (C=O) groups is 1. The van der Waals surface area contributed by atoms with Gasteiger partial charge < -0.3 is 15.0 Å². The zero-order valence-corrected chi connectivity index (χ0v) is 17.9. The molecule has 6 heteroatoms. The van der Waals surface area contributed by atoms with Gasteiger partial charge in [-0.25, -0.2) is 4.79 Å². The van der Waals surface area contributed by atoms with E-state index in [1.165, 1.54) is 5.56 Å². The predicted octanol–water partition coefficient (Wildman–Crippen LogP) is 4.11. The van der Waals surface area contributed by atoms with Crippen molar-refractivity contribution in [1.29, 1.82) is 0 Å². The molecule has 0 aliphatic rings. The van der Waals surface area contributed by atoms with Crippen molar-refractivity contribution >= 4 is 6.09 Å². The highest BCUT2D eigenvalue weighted by atomic mass is 16.5. The minimum absolute atomic E-state index is 0.112. The molecule has 0 radical (unpaired) electrons. The Morgan fingerprint density at radius 1 is 0.935 bits per heavy atom. The zero-order chi connectivity index (χ0) is 21.9. The van der Waals surface area contributed by atoms with Crippen LogP contribution >= 0.6 is 0 Å². The lowest BCUT2D eigenvalue weighted by Crippen LogP contribution is -2.25. The van der Waals surface area contributed by atoms with Gasteiger partial charge in [0, 0.05) is 12.2 Å². The lowest BCUT2D eigenvalue weighted by atomic mass is 10.1. The van der Waals surface area contributed by atoms with Crippen molar-refractivity contribution in [2.75, 3.05) is 6.54 Å². The largest absolute Gasteiger partial charge is 0.445 e. The molecule has 0 fully saturated rings. The van der Waals surface area contributed by atoms with E-state index in [4.69, 9.17) is 4.74 Å². The van der Waals surface area contributed by atoms with Gasteiger partial charge in [-0.3, -0.25) is 9.78 Å². The van der Waals surface area contributed by atoms with Crippen LogP contribution < -0.4 is 10.9 Å². The summed E-state index contributed by atoms with van der Waals surface area (Å²) >= 11 is 0. The number of amides is 1. The standard InChI is InChI=1S/C25H29N3O3/c1-19-22(28-24(29)23(27-19)16-15-20-10-4-2-5-11-20)14-8-9-17-26-25(30)31-18-21-12-6-3-7-13-21/h2-7,10-13H,8-9,14-18H2,1H3,(H,26,30)(H,28,29). The summed E-state index contributed by atoms with van der Waals surface area (Å²) in [7, 11) is 0. The number of nitrogens with zero attached hydrogens (tertiary/aromatic N) is 1. The number of benzene rings is 2. The van der Waals surface area contributed by atoms with Gasteiger partial charge in [0.05, 0.1) is 5.69 Å². The highest BCUT2D eigenvalue weighted by Crippen LogP contribution is 2.08. The van der Waals surface area contributed by atoms with Gasteiger partial charge in [0.25, 0.3) is 5.56 Å². The second-order valence-corrected chi connectivity index (χ2v) is 7.51. The molecule has 0 unspecified atom stereocenters. The van der Waals surface area contributed by atoms with Gasteiger partial charge in [0.2, 0.25) is 0 Å². The van der Waals surface area contributed by atoms with Crippen LogP contribution in [0.25, 0.3) is 0 Å². The molecule has 0 spiro atoms. The molecular formula is C25H29N3O3. The van der Waals surface area contributed by atoms with E-state index in [0.29, 0.717) is 25.1 Å². The molecule has 6 nitrogen and oxygen atoms in total. The van der Waals surface area contributed by atoms with Gasteiger partial charge in [-0.2, -0.15) is 0 Å². The fraction of sp³-hybridized carbons (Fsp3) is 0.320. The van der Waals surface area contributed by atoms with Crippen molar-refractivity contribution in [2.45, 2.75) is 45.6 Å². The van der Waals surface area contributed by atoms with Crippen molar-refractivity contribution in [3.05, 3.63) is 99.2 Å². The number of carbonyl (C=O) groups excluding carboxylic acids is 1. The van der Waals surface area contributed by atoms with E-state index in [1.807, 2.05) is 55.5 Å². The van der Waals surface area contributed by atoms with Crippen LogP contribution in [0.4, 0.5) is 4.79 Å². The summed E-state index contributed by atoms with van der Waals surface area (Å²) in [4.78, 5) is 31.7. The number of hydrogen-bond acceptors (Lipinski definition) is 4. The molecule has 3 aromatic rings. The van der Waals surface area contributed by atoms with E-state index < -0.39 is 6.09 Å². The maximum atomic E-state index is 12.4. The molecule has 0 aliphatic heterocycles. The van der Waals surface area contributed by atoms with Gasteiger partial charge in [-0.15, -0.1) is 0 Å². The molecule has 0 atom stereocenters. The number of unbranched alkanes of at least 4 members (excludes halogenated alkanes) is 1. The molecule has 162 valence electrons. The van der Waals surface area contributed by atoms with Crippen molar-refractivity contribution in [3.8, 4) is 0 Å². The highest BCUT2D eigenvalue weighted by Gasteiger charge is 2.08. The molecule has 0 bridgehead atoms. The Bertz CT molecular complexity index is 1020. The Labute approximate surface area is 182 Å². The monoisotopic (exact) mass is 419 g/mol. The molecule has 3 rings (SSSR count). The number of rotatable bonds is 10. The first-order chi connectivity index (χ1) is 15.1. The lowest BCUT2D eigenvalue weighted by Gasteiger charge is -2.09. The maximum absolute atomic E-state index is 12.4. The average Bonchev–Trinajstić information content (AvgIpc) is 2.80. The molecule has 2 aromatic carbocycles. The first-order valence-corrected chi connectivity index (χ1v) is 10.7. The third-order valence-electron chi connectivity index (χ3n) is 5.09. The average molecular weight is 420 g/mol. The van der Waals surface area contributed by atoms with Gasteiger partial charge in [0.1, 0.15) is 12.3 Å². The molecule has 1 amide bonds. The van der Waals surface area contributed by atoms with Gasteiger partial charge in [-0.1, -0.05) is 60.7 Å². The van der Waals surface area contributed by atoms with E-state index in [0.717, 1.165) is 36.2 Å². The second-order valence-electron chi connectivity index (χ2n) is 7.51. The van der Waals surface area contributed by atoms with Crippen LogP contribution in [0.1, 0.15) is 41.1 Å². The van der Waals surface area contributed by atoms with Gasteiger partial charge in [-0.05, 0) is 50.2 Å². The summed E-state index contributed by atoms with van der Waals surface area (Å²) in [6, 6.07) is 19.7. The molecule has 0 aliphatic carbocycles. The van der Waals surface area contributed by atoms with Crippen LogP contribution in [0.3, 0.4) is 0 Å². The molecular weight excluding hydrogens is 390 g/mol. The quantitative estimate of drug-likeness (QED) is 0.484. The van der Waals surface area contributed by atoms with Crippen LogP contribution in [0.2, 0.25) is 0 Å². The number of nitrogens with one attached hydrogen (secondary N) is 2. The molecule has 0 saturated carbocycles. The Hall–Kier alpha value is -3.41. The summed E-state index contributed by atoms with van der Waals surface area (Å²) in [5.74, 6) is 0. The van der Waals surface area contributed by atoms with Crippen molar-refractivity contribution in [2.24, 2.45) is 0 Å². The van der Waals surface area contributed by atoms with E-state index >= 15 is 0 Å². The smallest absolute Gasteiger partial charge is 0.407 e. The Kier molecular flexibility index (Phi) is 8.40.